The molecule has 0 bridgehead atoms. The number of thioether (sulfide) groups is 1. The van der Waals surface area contributed by atoms with E-state index in [4.69, 9.17) is 5.73 Å². The zero-order valence-corrected chi connectivity index (χ0v) is 13.7. The van der Waals surface area contributed by atoms with E-state index in [9.17, 15) is 0 Å². The van der Waals surface area contributed by atoms with Gasteiger partial charge in [-0.1, -0.05) is 18.7 Å². The zero-order valence-electron chi connectivity index (χ0n) is 12.1. The van der Waals surface area contributed by atoms with Crippen molar-refractivity contribution in [2.45, 2.75) is 36.4 Å². The normalized spacial score (nSPS) is 12.9. The second kappa shape index (κ2) is 6.07. The number of aromatic nitrogens is 3. The van der Waals surface area contributed by atoms with Crippen molar-refractivity contribution in [1.82, 2.24) is 14.8 Å². The zero-order chi connectivity index (χ0) is 14.8. The van der Waals surface area contributed by atoms with Gasteiger partial charge in [0.05, 0.1) is 15.9 Å². The van der Waals surface area contributed by atoms with Crippen molar-refractivity contribution in [2.75, 3.05) is 5.73 Å². The number of benzene rings is 1. The van der Waals surface area contributed by atoms with Gasteiger partial charge in [0.15, 0.2) is 4.34 Å². The summed E-state index contributed by atoms with van der Waals surface area (Å²) in [5.74, 6) is 0.846. The van der Waals surface area contributed by atoms with Gasteiger partial charge in [-0.2, -0.15) is 5.10 Å². The van der Waals surface area contributed by atoms with E-state index in [1.807, 2.05) is 22.9 Å². The van der Waals surface area contributed by atoms with E-state index in [2.05, 4.69) is 36.2 Å². The van der Waals surface area contributed by atoms with Crippen molar-refractivity contribution < 1.29 is 0 Å². The fourth-order valence-corrected chi connectivity index (χ4v) is 4.02. The van der Waals surface area contributed by atoms with Crippen molar-refractivity contribution in [3.8, 4) is 0 Å². The number of hydrogen-bond donors (Lipinski definition) is 1. The highest BCUT2D eigenvalue weighted by Crippen LogP contribution is 2.32. The fraction of sp³-hybridized carbons (Fsp3) is 0.333. The van der Waals surface area contributed by atoms with E-state index in [-0.39, 0.29) is 0 Å². The third kappa shape index (κ3) is 3.22. The van der Waals surface area contributed by atoms with Crippen LogP contribution in [0.1, 0.15) is 32.0 Å². The molecule has 0 spiro atoms. The van der Waals surface area contributed by atoms with E-state index >= 15 is 0 Å². The molecule has 4 nitrogen and oxygen atoms in total. The lowest BCUT2D eigenvalue weighted by molar-refractivity contribution is 0.475. The lowest BCUT2D eigenvalue weighted by Gasteiger charge is -2.07. The van der Waals surface area contributed by atoms with Crippen LogP contribution in [0.15, 0.2) is 34.8 Å². The lowest BCUT2D eigenvalue weighted by Crippen LogP contribution is -2.04. The molecule has 0 fully saturated rings. The Hall–Kier alpha value is -1.53. The first-order valence-corrected chi connectivity index (χ1v) is 8.79. The topological polar surface area (TPSA) is 56.7 Å². The number of nitrogen functional groups attached to an aromatic ring is 1. The smallest absolute Gasteiger partial charge is 0.151 e. The molecule has 2 aromatic heterocycles. The minimum atomic E-state index is 0.453. The van der Waals surface area contributed by atoms with Crippen LogP contribution < -0.4 is 5.73 Å². The molecule has 0 radical (unpaired) electrons. The van der Waals surface area contributed by atoms with Gasteiger partial charge in [0.2, 0.25) is 0 Å². The van der Waals surface area contributed by atoms with Gasteiger partial charge in [-0.25, -0.2) is 4.98 Å². The predicted octanol–water partition coefficient (Wildman–Crippen LogP) is 4.34. The second-order valence-corrected chi connectivity index (χ2v) is 7.29. The average Bonchev–Trinajstić information content (AvgIpc) is 3.10. The molecule has 0 saturated heterocycles. The standard InChI is InChI=1S/C15H18N4S2/c1-3-10(2)19-7-6-12(18-19)9-20-15-17-13-5-4-11(16)8-14(13)21-15/h4-8,10H,3,9,16H2,1-2H3. The summed E-state index contributed by atoms with van der Waals surface area (Å²) in [6.45, 7) is 4.36. The van der Waals surface area contributed by atoms with Gasteiger partial charge in [-0.15, -0.1) is 11.3 Å². The number of anilines is 1. The average molecular weight is 318 g/mol. The number of thiazole rings is 1. The SMILES string of the molecule is CCC(C)n1ccc(CSc2nc3ccc(N)cc3s2)n1. The number of rotatable bonds is 5. The van der Waals surface area contributed by atoms with Crippen LogP contribution in [0, 0.1) is 0 Å². The van der Waals surface area contributed by atoms with Gasteiger partial charge in [0.25, 0.3) is 0 Å². The molecule has 0 aliphatic rings. The molecular formula is C15H18N4S2. The number of nitrogens with zero attached hydrogens (tertiary/aromatic N) is 3. The lowest BCUT2D eigenvalue weighted by atomic mass is 10.3. The summed E-state index contributed by atoms with van der Waals surface area (Å²) in [4.78, 5) is 4.62. The van der Waals surface area contributed by atoms with Crippen LogP contribution in [0.25, 0.3) is 10.2 Å². The largest absolute Gasteiger partial charge is 0.399 e. The molecule has 3 aromatic rings. The molecule has 1 unspecified atom stereocenters. The Kier molecular flexibility index (Phi) is 4.17. The van der Waals surface area contributed by atoms with E-state index in [0.717, 1.165) is 38.1 Å². The highest BCUT2D eigenvalue weighted by atomic mass is 32.2. The van der Waals surface area contributed by atoms with Crippen molar-refractivity contribution in [3.05, 3.63) is 36.2 Å². The van der Waals surface area contributed by atoms with E-state index < -0.39 is 0 Å². The molecule has 110 valence electrons. The summed E-state index contributed by atoms with van der Waals surface area (Å²) >= 11 is 3.41. The summed E-state index contributed by atoms with van der Waals surface area (Å²) in [5, 5.41) is 4.62. The van der Waals surface area contributed by atoms with Crippen molar-refractivity contribution >= 4 is 39.0 Å². The molecule has 0 amide bonds. The number of nitrogens with two attached hydrogens (primary N) is 1. The van der Waals surface area contributed by atoms with Crippen molar-refractivity contribution in [2.24, 2.45) is 0 Å². The Morgan fingerprint density at radius 1 is 1.38 bits per heavy atom. The first-order valence-electron chi connectivity index (χ1n) is 6.98. The predicted molar refractivity (Wildman–Crippen MR) is 90.8 cm³/mol. The summed E-state index contributed by atoms with van der Waals surface area (Å²) < 4.78 is 4.24. The first kappa shape index (κ1) is 14.4. The molecule has 3 rings (SSSR count). The maximum atomic E-state index is 5.80. The monoisotopic (exact) mass is 318 g/mol. The Labute approximate surface area is 132 Å². The van der Waals surface area contributed by atoms with Gasteiger partial charge in [0.1, 0.15) is 0 Å². The highest BCUT2D eigenvalue weighted by molar-refractivity contribution is 8.00. The maximum Gasteiger partial charge on any atom is 0.151 e. The minimum Gasteiger partial charge on any atom is -0.399 e. The number of hydrogen-bond acceptors (Lipinski definition) is 5. The second-order valence-electron chi connectivity index (χ2n) is 5.04. The van der Waals surface area contributed by atoms with Gasteiger partial charge in [0, 0.05) is 23.7 Å². The molecular weight excluding hydrogens is 300 g/mol. The first-order chi connectivity index (χ1) is 10.2. The maximum absolute atomic E-state index is 5.80. The van der Waals surface area contributed by atoms with Gasteiger partial charge >= 0.3 is 0 Å². The highest BCUT2D eigenvalue weighted by Gasteiger charge is 2.08. The molecule has 2 N–H and O–H groups in total. The van der Waals surface area contributed by atoms with Gasteiger partial charge < -0.3 is 5.73 Å². The number of fused-ring (bicyclic) bond motifs is 1. The summed E-state index contributed by atoms with van der Waals surface area (Å²) in [5.41, 5.74) is 8.70. The molecule has 0 aliphatic carbocycles. The third-order valence-electron chi connectivity index (χ3n) is 3.44. The van der Waals surface area contributed by atoms with Crippen LogP contribution in [0.2, 0.25) is 0 Å². The van der Waals surface area contributed by atoms with Crippen LogP contribution in [0.5, 0.6) is 0 Å². The van der Waals surface area contributed by atoms with Crippen molar-refractivity contribution in [3.63, 3.8) is 0 Å². The van der Waals surface area contributed by atoms with Crippen LogP contribution in [0.3, 0.4) is 0 Å². The molecule has 21 heavy (non-hydrogen) atoms. The Morgan fingerprint density at radius 2 is 2.24 bits per heavy atom. The van der Waals surface area contributed by atoms with Crippen LogP contribution in [-0.2, 0) is 5.75 Å². The minimum absolute atomic E-state index is 0.453. The third-order valence-corrected chi connectivity index (χ3v) is 5.64. The summed E-state index contributed by atoms with van der Waals surface area (Å²) in [6, 6.07) is 8.39. The molecule has 0 aliphatic heterocycles. The van der Waals surface area contributed by atoms with Crippen LogP contribution in [-0.4, -0.2) is 14.8 Å². The van der Waals surface area contributed by atoms with Crippen molar-refractivity contribution in [1.29, 1.82) is 0 Å². The van der Waals surface area contributed by atoms with Crippen LogP contribution >= 0.6 is 23.1 Å². The van der Waals surface area contributed by atoms with Gasteiger partial charge in [-0.3, -0.25) is 4.68 Å². The van der Waals surface area contributed by atoms with E-state index in [1.165, 1.54) is 0 Å². The van der Waals surface area contributed by atoms with Crippen LogP contribution in [0.4, 0.5) is 5.69 Å². The van der Waals surface area contributed by atoms with E-state index in [1.54, 1.807) is 23.1 Å². The molecule has 1 atom stereocenters. The fourth-order valence-electron chi connectivity index (χ4n) is 2.00. The molecule has 6 heteroatoms. The summed E-state index contributed by atoms with van der Waals surface area (Å²) in [6.07, 6.45) is 3.15. The van der Waals surface area contributed by atoms with Gasteiger partial charge in [-0.05, 0) is 37.6 Å². The Bertz CT molecular complexity index is 747. The quantitative estimate of drug-likeness (QED) is 0.561. The Balaban J connectivity index is 1.69. The molecule has 0 saturated carbocycles. The Morgan fingerprint density at radius 3 is 3.05 bits per heavy atom. The molecule has 2 heterocycles. The molecule has 1 aromatic carbocycles. The summed E-state index contributed by atoms with van der Waals surface area (Å²) in [7, 11) is 0. The van der Waals surface area contributed by atoms with E-state index in [0.29, 0.717) is 6.04 Å².